The van der Waals surface area contributed by atoms with Crippen LogP contribution in [-0.2, 0) is 11.3 Å². The number of rotatable bonds is 6. The molecule has 0 bridgehead atoms. The van der Waals surface area contributed by atoms with E-state index in [1.807, 2.05) is 37.3 Å². The number of aryl methyl sites for hydroxylation is 1. The largest absolute Gasteiger partial charge is 0.350 e. The van der Waals surface area contributed by atoms with Crippen LogP contribution in [-0.4, -0.2) is 29.8 Å². The van der Waals surface area contributed by atoms with Crippen molar-refractivity contribution in [2.75, 3.05) is 13.1 Å². The smallest absolute Gasteiger partial charge is 0.251 e. The molecule has 0 aromatic heterocycles. The summed E-state index contributed by atoms with van der Waals surface area (Å²) in [7, 11) is 0. The monoisotopic (exact) mass is 344 g/mol. The standard InChI is InChI=1S/C19H21ClN2O2/c1-14-7-9-16(10-8-14)19(24)21-11-12-22(15(2)23)13-17-5-3-4-6-18(17)20/h3-10H,11-13H2,1-2H3,(H,21,24). The fraction of sp³-hybridized carbons (Fsp3) is 0.263. The second kappa shape index (κ2) is 8.50. The van der Waals surface area contributed by atoms with Crippen LogP contribution in [0.2, 0.25) is 5.02 Å². The van der Waals surface area contributed by atoms with Gasteiger partial charge >= 0.3 is 0 Å². The first kappa shape index (κ1) is 18.0. The van der Waals surface area contributed by atoms with Crippen LogP contribution >= 0.6 is 11.6 Å². The topological polar surface area (TPSA) is 49.4 Å². The lowest BCUT2D eigenvalue weighted by Crippen LogP contribution is -2.37. The summed E-state index contributed by atoms with van der Waals surface area (Å²) >= 11 is 6.14. The molecule has 4 nitrogen and oxygen atoms in total. The van der Waals surface area contributed by atoms with Crippen LogP contribution in [0.15, 0.2) is 48.5 Å². The van der Waals surface area contributed by atoms with Gasteiger partial charge in [-0.15, -0.1) is 0 Å². The van der Waals surface area contributed by atoms with E-state index in [1.54, 1.807) is 23.1 Å². The van der Waals surface area contributed by atoms with E-state index in [9.17, 15) is 9.59 Å². The molecule has 5 heteroatoms. The van der Waals surface area contributed by atoms with Gasteiger partial charge in [0.2, 0.25) is 5.91 Å². The Hall–Kier alpha value is -2.33. The van der Waals surface area contributed by atoms with Crippen molar-refractivity contribution in [3.8, 4) is 0 Å². The molecule has 0 aliphatic heterocycles. The predicted octanol–water partition coefficient (Wildman–Crippen LogP) is 3.43. The Labute approximate surface area is 147 Å². The maximum atomic E-state index is 12.1. The molecule has 0 spiro atoms. The van der Waals surface area contributed by atoms with Crippen LogP contribution in [0.1, 0.15) is 28.4 Å². The average molecular weight is 345 g/mol. The van der Waals surface area contributed by atoms with Gasteiger partial charge in [-0.05, 0) is 30.7 Å². The molecule has 2 rings (SSSR count). The summed E-state index contributed by atoms with van der Waals surface area (Å²) < 4.78 is 0. The normalized spacial score (nSPS) is 10.3. The van der Waals surface area contributed by atoms with Gasteiger partial charge in [0.05, 0.1) is 0 Å². The fourth-order valence-electron chi connectivity index (χ4n) is 2.29. The number of nitrogens with zero attached hydrogens (tertiary/aromatic N) is 1. The Morgan fingerprint density at radius 2 is 1.75 bits per heavy atom. The third-order valence-electron chi connectivity index (χ3n) is 3.75. The Morgan fingerprint density at radius 1 is 1.08 bits per heavy atom. The van der Waals surface area contributed by atoms with E-state index in [-0.39, 0.29) is 11.8 Å². The van der Waals surface area contributed by atoms with Crippen LogP contribution < -0.4 is 5.32 Å². The number of hydrogen-bond acceptors (Lipinski definition) is 2. The summed E-state index contributed by atoms with van der Waals surface area (Å²) in [4.78, 5) is 25.6. The lowest BCUT2D eigenvalue weighted by Gasteiger charge is -2.22. The highest BCUT2D eigenvalue weighted by atomic mass is 35.5. The quantitative estimate of drug-likeness (QED) is 0.872. The second-order valence-electron chi connectivity index (χ2n) is 5.65. The molecule has 2 amide bonds. The average Bonchev–Trinajstić information content (AvgIpc) is 2.56. The van der Waals surface area contributed by atoms with Gasteiger partial charge in [0.15, 0.2) is 0 Å². The van der Waals surface area contributed by atoms with E-state index in [1.165, 1.54) is 6.92 Å². The van der Waals surface area contributed by atoms with Gasteiger partial charge in [-0.2, -0.15) is 0 Å². The number of benzene rings is 2. The summed E-state index contributed by atoms with van der Waals surface area (Å²) in [6, 6.07) is 14.8. The zero-order valence-corrected chi connectivity index (χ0v) is 14.6. The molecular formula is C19H21ClN2O2. The number of amides is 2. The summed E-state index contributed by atoms with van der Waals surface area (Å²) in [5.41, 5.74) is 2.61. The minimum atomic E-state index is -0.142. The van der Waals surface area contributed by atoms with Crippen molar-refractivity contribution in [1.82, 2.24) is 10.2 Å². The molecule has 0 fully saturated rings. The fourth-order valence-corrected chi connectivity index (χ4v) is 2.49. The molecule has 0 atom stereocenters. The molecule has 2 aromatic rings. The van der Waals surface area contributed by atoms with E-state index < -0.39 is 0 Å². The molecule has 0 aliphatic rings. The third kappa shape index (κ3) is 5.10. The number of nitrogens with one attached hydrogen (secondary N) is 1. The minimum absolute atomic E-state index is 0.0560. The Kier molecular flexibility index (Phi) is 6.38. The minimum Gasteiger partial charge on any atom is -0.350 e. The van der Waals surface area contributed by atoms with Crippen molar-refractivity contribution < 1.29 is 9.59 Å². The first-order valence-electron chi connectivity index (χ1n) is 7.81. The third-order valence-corrected chi connectivity index (χ3v) is 4.11. The molecule has 0 unspecified atom stereocenters. The number of halogens is 1. The van der Waals surface area contributed by atoms with E-state index in [2.05, 4.69) is 5.32 Å². The molecule has 1 N–H and O–H groups in total. The van der Waals surface area contributed by atoms with Gasteiger partial charge in [-0.3, -0.25) is 9.59 Å². The van der Waals surface area contributed by atoms with Gasteiger partial charge in [0, 0.05) is 37.1 Å². The number of carbonyl (C=O) groups is 2. The van der Waals surface area contributed by atoms with Gasteiger partial charge < -0.3 is 10.2 Å². The first-order valence-corrected chi connectivity index (χ1v) is 8.19. The zero-order valence-electron chi connectivity index (χ0n) is 13.9. The van der Waals surface area contributed by atoms with Crippen molar-refractivity contribution >= 4 is 23.4 Å². The highest BCUT2D eigenvalue weighted by Gasteiger charge is 2.12. The van der Waals surface area contributed by atoms with E-state index >= 15 is 0 Å². The van der Waals surface area contributed by atoms with E-state index in [0.29, 0.717) is 30.2 Å². The molecule has 0 saturated heterocycles. The molecule has 0 saturated carbocycles. The van der Waals surface area contributed by atoms with Crippen molar-refractivity contribution in [1.29, 1.82) is 0 Å². The van der Waals surface area contributed by atoms with Crippen molar-refractivity contribution in [2.45, 2.75) is 20.4 Å². The summed E-state index contributed by atoms with van der Waals surface area (Å²) in [6.45, 7) is 4.73. The van der Waals surface area contributed by atoms with Crippen LogP contribution in [0.4, 0.5) is 0 Å². The van der Waals surface area contributed by atoms with Crippen LogP contribution in [0.5, 0.6) is 0 Å². The Balaban J connectivity index is 1.90. The van der Waals surface area contributed by atoms with Gasteiger partial charge in [-0.1, -0.05) is 47.5 Å². The molecule has 0 aliphatic carbocycles. The zero-order chi connectivity index (χ0) is 17.5. The Morgan fingerprint density at radius 3 is 2.38 bits per heavy atom. The van der Waals surface area contributed by atoms with Crippen LogP contribution in [0, 0.1) is 6.92 Å². The van der Waals surface area contributed by atoms with E-state index in [4.69, 9.17) is 11.6 Å². The van der Waals surface area contributed by atoms with Crippen LogP contribution in [0.3, 0.4) is 0 Å². The maximum Gasteiger partial charge on any atom is 0.251 e. The molecule has 0 radical (unpaired) electrons. The highest BCUT2D eigenvalue weighted by molar-refractivity contribution is 6.31. The van der Waals surface area contributed by atoms with Gasteiger partial charge in [0.25, 0.3) is 5.91 Å². The van der Waals surface area contributed by atoms with Crippen LogP contribution in [0.25, 0.3) is 0 Å². The summed E-state index contributed by atoms with van der Waals surface area (Å²) in [5, 5.41) is 3.47. The second-order valence-corrected chi connectivity index (χ2v) is 6.06. The SMILES string of the molecule is CC(=O)N(CCNC(=O)c1ccc(C)cc1)Cc1ccccc1Cl. The molecule has 24 heavy (non-hydrogen) atoms. The van der Waals surface area contributed by atoms with Gasteiger partial charge in [0.1, 0.15) is 0 Å². The summed E-state index contributed by atoms with van der Waals surface area (Å²) in [5.74, 6) is -0.198. The Bertz CT molecular complexity index is 714. The summed E-state index contributed by atoms with van der Waals surface area (Å²) in [6.07, 6.45) is 0. The highest BCUT2D eigenvalue weighted by Crippen LogP contribution is 2.16. The molecule has 126 valence electrons. The van der Waals surface area contributed by atoms with Gasteiger partial charge in [-0.25, -0.2) is 0 Å². The van der Waals surface area contributed by atoms with Crippen molar-refractivity contribution in [3.63, 3.8) is 0 Å². The maximum absolute atomic E-state index is 12.1. The molecule has 2 aromatic carbocycles. The van der Waals surface area contributed by atoms with Crippen molar-refractivity contribution in [2.24, 2.45) is 0 Å². The number of hydrogen-bond donors (Lipinski definition) is 1. The lowest BCUT2D eigenvalue weighted by atomic mass is 10.1. The lowest BCUT2D eigenvalue weighted by molar-refractivity contribution is -0.129. The number of carbonyl (C=O) groups excluding carboxylic acids is 2. The molecular weight excluding hydrogens is 324 g/mol. The van der Waals surface area contributed by atoms with Crippen molar-refractivity contribution in [3.05, 3.63) is 70.2 Å². The molecule has 0 heterocycles. The predicted molar refractivity (Wildman–Crippen MR) is 96.1 cm³/mol. The first-order chi connectivity index (χ1) is 11.5. The van der Waals surface area contributed by atoms with E-state index in [0.717, 1.165) is 11.1 Å².